The monoisotopic (exact) mass is 239 g/mol. The summed E-state index contributed by atoms with van der Waals surface area (Å²) in [5.74, 6) is 0. The first-order chi connectivity index (χ1) is 7.91. The highest BCUT2D eigenvalue weighted by Gasteiger charge is 2.40. The Morgan fingerprint density at radius 1 is 1.24 bits per heavy atom. The lowest BCUT2D eigenvalue weighted by atomic mass is 9.84. The lowest BCUT2D eigenvalue weighted by Gasteiger charge is -2.41. The normalized spacial score (nSPS) is 30.7. The van der Waals surface area contributed by atoms with Crippen molar-refractivity contribution in [3.8, 4) is 0 Å². The van der Waals surface area contributed by atoms with Crippen LogP contribution in [0.3, 0.4) is 0 Å². The molecule has 2 unspecified atom stereocenters. The third-order valence-electron chi connectivity index (χ3n) is 4.79. The van der Waals surface area contributed by atoms with Crippen molar-refractivity contribution in [1.29, 1.82) is 0 Å². The number of nitrogens with one attached hydrogen (secondary N) is 1. The van der Waals surface area contributed by atoms with Crippen molar-refractivity contribution < 1.29 is 4.74 Å². The van der Waals surface area contributed by atoms with Crippen LogP contribution in [-0.2, 0) is 4.74 Å². The molecule has 2 heteroatoms. The largest absolute Gasteiger partial charge is 0.375 e. The van der Waals surface area contributed by atoms with Gasteiger partial charge in [0.05, 0.1) is 5.60 Å². The van der Waals surface area contributed by atoms with Crippen molar-refractivity contribution in [2.24, 2.45) is 5.41 Å². The molecule has 2 atom stereocenters. The first-order valence-corrected chi connectivity index (χ1v) is 7.31. The van der Waals surface area contributed by atoms with E-state index in [0.717, 1.165) is 6.61 Å². The fourth-order valence-electron chi connectivity index (χ4n) is 3.14. The lowest BCUT2D eigenvalue weighted by Crippen LogP contribution is -2.50. The number of hydrogen-bond donors (Lipinski definition) is 1. The Balaban J connectivity index is 1.89. The molecule has 0 aromatic carbocycles. The molecule has 1 saturated heterocycles. The summed E-state index contributed by atoms with van der Waals surface area (Å²) in [5.41, 5.74) is 0.592. The average molecular weight is 239 g/mol. The van der Waals surface area contributed by atoms with Gasteiger partial charge in [0.15, 0.2) is 0 Å². The summed E-state index contributed by atoms with van der Waals surface area (Å²) in [6, 6.07) is 1.24. The van der Waals surface area contributed by atoms with Gasteiger partial charge >= 0.3 is 0 Å². The molecule has 0 aromatic rings. The van der Waals surface area contributed by atoms with Crippen LogP contribution in [0.2, 0.25) is 0 Å². The van der Waals surface area contributed by atoms with Crippen LogP contribution < -0.4 is 5.32 Å². The van der Waals surface area contributed by atoms with Crippen LogP contribution in [0, 0.1) is 5.41 Å². The molecule has 100 valence electrons. The Labute approximate surface area is 107 Å². The SMILES string of the molecule is CC(NC1CCOC2(CCCC2)C1)C(C)(C)C. The summed E-state index contributed by atoms with van der Waals surface area (Å²) in [5, 5.41) is 3.83. The van der Waals surface area contributed by atoms with Gasteiger partial charge in [-0.3, -0.25) is 0 Å². The molecule has 1 aliphatic heterocycles. The van der Waals surface area contributed by atoms with E-state index in [-0.39, 0.29) is 5.60 Å². The molecule has 17 heavy (non-hydrogen) atoms. The molecule has 1 aliphatic carbocycles. The molecule has 0 radical (unpaired) electrons. The minimum absolute atomic E-state index is 0.244. The molecule has 1 N–H and O–H groups in total. The zero-order valence-electron chi connectivity index (χ0n) is 12.0. The van der Waals surface area contributed by atoms with Gasteiger partial charge in [0, 0.05) is 18.7 Å². The van der Waals surface area contributed by atoms with E-state index < -0.39 is 0 Å². The summed E-state index contributed by atoms with van der Waals surface area (Å²) in [4.78, 5) is 0. The van der Waals surface area contributed by atoms with Crippen LogP contribution in [0.1, 0.15) is 66.2 Å². The predicted molar refractivity (Wildman–Crippen MR) is 72.2 cm³/mol. The first-order valence-electron chi connectivity index (χ1n) is 7.31. The second-order valence-corrected chi connectivity index (χ2v) is 7.18. The molecular weight excluding hydrogens is 210 g/mol. The summed E-state index contributed by atoms with van der Waals surface area (Å²) < 4.78 is 6.08. The number of ether oxygens (including phenoxy) is 1. The number of rotatable bonds is 2. The predicted octanol–water partition coefficient (Wildman–Crippen LogP) is 3.50. The van der Waals surface area contributed by atoms with Crippen molar-refractivity contribution in [1.82, 2.24) is 5.32 Å². The van der Waals surface area contributed by atoms with E-state index in [1.807, 2.05) is 0 Å². The quantitative estimate of drug-likeness (QED) is 0.796. The Hall–Kier alpha value is -0.0800. The van der Waals surface area contributed by atoms with Gasteiger partial charge in [-0.05, 0) is 38.0 Å². The second kappa shape index (κ2) is 4.89. The molecule has 2 nitrogen and oxygen atoms in total. The van der Waals surface area contributed by atoms with E-state index in [1.54, 1.807) is 0 Å². The Morgan fingerprint density at radius 2 is 1.88 bits per heavy atom. The van der Waals surface area contributed by atoms with Gasteiger partial charge in [0.1, 0.15) is 0 Å². The molecule has 0 aromatic heterocycles. The van der Waals surface area contributed by atoms with Crippen molar-refractivity contribution in [2.45, 2.75) is 83.9 Å². The van der Waals surface area contributed by atoms with E-state index in [1.165, 1.54) is 38.5 Å². The van der Waals surface area contributed by atoms with Crippen molar-refractivity contribution in [2.75, 3.05) is 6.61 Å². The Kier molecular flexibility index (Phi) is 3.84. The Bertz CT molecular complexity index is 250. The molecule has 1 spiro atoms. The Morgan fingerprint density at radius 3 is 2.47 bits per heavy atom. The van der Waals surface area contributed by atoms with Gasteiger partial charge in [-0.2, -0.15) is 0 Å². The van der Waals surface area contributed by atoms with Gasteiger partial charge < -0.3 is 10.1 Å². The van der Waals surface area contributed by atoms with Crippen LogP contribution in [0.4, 0.5) is 0 Å². The summed E-state index contributed by atoms with van der Waals surface area (Å²) in [7, 11) is 0. The van der Waals surface area contributed by atoms with Crippen LogP contribution in [0.15, 0.2) is 0 Å². The van der Waals surface area contributed by atoms with Crippen LogP contribution >= 0.6 is 0 Å². The maximum Gasteiger partial charge on any atom is 0.0697 e. The van der Waals surface area contributed by atoms with Gasteiger partial charge in [-0.1, -0.05) is 33.6 Å². The molecule has 2 rings (SSSR count). The molecule has 1 saturated carbocycles. The van der Waals surface area contributed by atoms with Crippen molar-refractivity contribution in [3.63, 3.8) is 0 Å². The zero-order valence-corrected chi connectivity index (χ0v) is 12.0. The minimum Gasteiger partial charge on any atom is -0.375 e. The minimum atomic E-state index is 0.244. The fraction of sp³-hybridized carbons (Fsp3) is 1.00. The van der Waals surface area contributed by atoms with Gasteiger partial charge in [-0.25, -0.2) is 0 Å². The van der Waals surface area contributed by atoms with E-state index in [0.29, 0.717) is 17.5 Å². The summed E-state index contributed by atoms with van der Waals surface area (Å²) in [6.07, 6.45) is 7.71. The molecular formula is C15H29NO. The first kappa shape index (κ1) is 13.4. The van der Waals surface area contributed by atoms with Crippen molar-refractivity contribution in [3.05, 3.63) is 0 Å². The van der Waals surface area contributed by atoms with Crippen LogP contribution in [0.5, 0.6) is 0 Å². The fourth-order valence-corrected chi connectivity index (χ4v) is 3.14. The van der Waals surface area contributed by atoms with Crippen molar-refractivity contribution >= 4 is 0 Å². The zero-order chi connectivity index (χ0) is 12.5. The second-order valence-electron chi connectivity index (χ2n) is 7.18. The molecule has 2 aliphatic rings. The highest BCUT2D eigenvalue weighted by molar-refractivity contribution is 4.94. The average Bonchev–Trinajstić information content (AvgIpc) is 2.65. The van der Waals surface area contributed by atoms with E-state index in [9.17, 15) is 0 Å². The molecule has 1 heterocycles. The summed E-state index contributed by atoms with van der Waals surface area (Å²) in [6.45, 7) is 10.2. The number of hydrogen-bond acceptors (Lipinski definition) is 2. The standard InChI is InChI=1S/C15H29NO/c1-12(14(2,3)4)16-13-7-10-17-15(11-13)8-5-6-9-15/h12-13,16H,5-11H2,1-4H3. The smallest absolute Gasteiger partial charge is 0.0697 e. The molecule has 0 amide bonds. The van der Waals surface area contributed by atoms with E-state index >= 15 is 0 Å². The molecule has 2 fully saturated rings. The van der Waals surface area contributed by atoms with Gasteiger partial charge in [0.2, 0.25) is 0 Å². The third-order valence-corrected chi connectivity index (χ3v) is 4.79. The van der Waals surface area contributed by atoms with Gasteiger partial charge in [-0.15, -0.1) is 0 Å². The summed E-state index contributed by atoms with van der Waals surface area (Å²) >= 11 is 0. The highest BCUT2D eigenvalue weighted by atomic mass is 16.5. The van der Waals surface area contributed by atoms with Gasteiger partial charge in [0.25, 0.3) is 0 Å². The molecule has 0 bridgehead atoms. The highest BCUT2D eigenvalue weighted by Crippen LogP contribution is 2.40. The van der Waals surface area contributed by atoms with Crippen LogP contribution in [-0.4, -0.2) is 24.3 Å². The maximum absolute atomic E-state index is 6.08. The van der Waals surface area contributed by atoms with E-state index in [2.05, 4.69) is 33.0 Å². The third kappa shape index (κ3) is 3.23. The lowest BCUT2D eigenvalue weighted by molar-refractivity contribution is -0.0857. The van der Waals surface area contributed by atoms with Crippen LogP contribution in [0.25, 0.3) is 0 Å². The van der Waals surface area contributed by atoms with E-state index in [4.69, 9.17) is 4.74 Å². The topological polar surface area (TPSA) is 21.3 Å². The maximum atomic E-state index is 6.08.